The molecule has 3 aromatic heterocycles. The summed E-state index contributed by atoms with van der Waals surface area (Å²) in [6, 6.07) is 20.8. The fourth-order valence-corrected chi connectivity index (χ4v) is 6.08. The first-order chi connectivity index (χ1) is 19.3. The van der Waals surface area contributed by atoms with Gasteiger partial charge in [-0.15, -0.1) is 0 Å². The van der Waals surface area contributed by atoms with Gasteiger partial charge in [0.1, 0.15) is 5.15 Å². The summed E-state index contributed by atoms with van der Waals surface area (Å²) >= 11 is 20.0. The number of hydrogen-bond donors (Lipinski definition) is 1. The Balaban J connectivity index is 1.49. The van der Waals surface area contributed by atoms with E-state index in [0.29, 0.717) is 44.0 Å². The Labute approximate surface area is 246 Å². The summed E-state index contributed by atoms with van der Waals surface area (Å²) in [5.41, 5.74) is 4.54. The number of nitrogens with zero attached hydrogens (tertiary/aromatic N) is 5. The summed E-state index contributed by atoms with van der Waals surface area (Å²) < 4.78 is 3.61. The Bertz CT molecular complexity index is 1830. The van der Waals surface area contributed by atoms with E-state index in [9.17, 15) is 5.11 Å². The van der Waals surface area contributed by atoms with Crippen molar-refractivity contribution in [3.63, 3.8) is 0 Å². The van der Waals surface area contributed by atoms with E-state index in [1.165, 1.54) is 0 Å². The summed E-state index contributed by atoms with van der Waals surface area (Å²) in [5.74, 6) is 0. The van der Waals surface area contributed by atoms with Gasteiger partial charge >= 0.3 is 0 Å². The van der Waals surface area contributed by atoms with Gasteiger partial charge in [0.25, 0.3) is 0 Å². The van der Waals surface area contributed by atoms with Crippen molar-refractivity contribution < 1.29 is 5.11 Å². The molecule has 3 aromatic carbocycles. The van der Waals surface area contributed by atoms with Crippen LogP contribution in [0.25, 0.3) is 16.6 Å². The molecule has 6 rings (SSSR count). The van der Waals surface area contributed by atoms with Crippen molar-refractivity contribution in [2.75, 3.05) is 0 Å². The highest BCUT2D eigenvalue weighted by Crippen LogP contribution is 2.43. The SMILES string of the molecule is Cc1c(C(O)(c2ccc(Cl)cc2)c2cncn2C)ccc2nc(Cl)c(Cc3ccc(-n4cccn4)cc3)c(Cl)c12. The smallest absolute Gasteiger partial charge is 0.157 e. The van der Waals surface area contributed by atoms with Crippen molar-refractivity contribution in [3.05, 3.63) is 140 Å². The molecule has 9 heteroatoms. The van der Waals surface area contributed by atoms with Gasteiger partial charge in [-0.05, 0) is 65.6 Å². The maximum Gasteiger partial charge on any atom is 0.157 e. The predicted molar refractivity (Wildman–Crippen MR) is 160 cm³/mol. The van der Waals surface area contributed by atoms with Crippen LogP contribution in [0.5, 0.6) is 0 Å². The third-order valence-corrected chi connectivity index (χ3v) is 8.30. The third kappa shape index (κ3) is 4.47. The topological polar surface area (TPSA) is 68.8 Å². The van der Waals surface area contributed by atoms with Gasteiger partial charge in [0.05, 0.1) is 34.4 Å². The molecule has 0 aliphatic carbocycles. The minimum absolute atomic E-state index is 0.348. The first kappa shape index (κ1) is 26.5. The summed E-state index contributed by atoms with van der Waals surface area (Å²) in [6.07, 6.45) is 7.46. The molecule has 0 fully saturated rings. The lowest BCUT2D eigenvalue weighted by atomic mass is 9.80. The van der Waals surface area contributed by atoms with Gasteiger partial charge in [0, 0.05) is 41.8 Å². The summed E-state index contributed by atoms with van der Waals surface area (Å²) in [5, 5.41) is 18.9. The molecule has 6 nitrogen and oxygen atoms in total. The number of hydrogen-bond acceptors (Lipinski definition) is 4. The van der Waals surface area contributed by atoms with Crippen LogP contribution in [0.4, 0.5) is 0 Å². The molecule has 0 radical (unpaired) electrons. The Morgan fingerprint density at radius 2 is 1.70 bits per heavy atom. The number of imidazole rings is 1. The fourth-order valence-electron chi connectivity index (χ4n) is 5.26. The summed E-state index contributed by atoms with van der Waals surface area (Å²) in [7, 11) is 1.85. The van der Waals surface area contributed by atoms with E-state index in [1.54, 1.807) is 40.1 Å². The van der Waals surface area contributed by atoms with Gasteiger partial charge in [0.15, 0.2) is 5.60 Å². The average Bonchev–Trinajstić information content (AvgIpc) is 3.64. The van der Waals surface area contributed by atoms with E-state index in [-0.39, 0.29) is 0 Å². The maximum atomic E-state index is 12.5. The van der Waals surface area contributed by atoms with Crippen molar-refractivity contribution in [1.82, 2.24) is 24.3 Å². The van der Waals surface area contributed by atoms with Crippen molar-refractivity contribution in [3.8, 4) is 5.69 Å². The van der Waals surface area contributed by atoms with Crippen molar-refractivity contribution in [2.45, 2.75) is 18.9 Å². The number of halogens is 3. The van der Waals surface area contributed by atoms with Crippen LogP contribution in [0, 0.1) is 6.92 Å². The molecule has 1 N–H and O–H groups in total. The van der Waals surface area contributed by atoms with Crippen molar-refractivity contribution in [2.24, 2.45) is 7.05 Å². The molecule has 40 heavy (non-hydrogen) atoms. The first-order valence-electron chi connectivity index (χ1n) is 12.6. The molecule has 0 saturated carbocycles. The summed E-state index contributed by atoms with van der Waals surface area (Å²) in [4.78, 5) is 8.97. The lowest BCUT2D eigenvalue weighted by molar-refractivity contribution is 0.117. The molecule has 0 amide bonds. The van der Waals surface area contributed by atoms with Gasteiger partial charge in [0.2, 0.25) is 0 Å². The number of fused-ring (bicyclic) bond motifs is 1. The molecule has 0 aliphatic heterocycles. The van der Waals surface area contributed by atoms with Gasteiger partial charge < -0.3 is 9.67 Å². The third-order valence-electron chi connectivity index (χ3n) is 7.32. The average molecular weight is 589 g/mol. The van der Waals surface area contributed by atoms with Crippen molar-refractivity contribution in [1.29, 1.82) is 0 Å². The van der Waals surface area contributed by atoms with Crippen LogP contribution in [0.3, 0.4) is 0 Å². The highest BCUT2D eigenvalue weighted by atomic mass is 35.5. The number of benzene rings is 3. The van der Waals surface area contributed by atoms with Crippen LogP contribution < -0.4 is 0 Å². The zero-order chi connectivity index (χ0) is 28.0. The van der Waals surface area contributed by atoms with E-state index in [1.807, 2.05) is 74.8 Å². The molecule has 1 atom stereocenters. The molecule has 6 aromatic rings. The molecule has 0 aliphatic rings. The molecule has 1 unspecified atom stereocenters. The largest absolute Gasteiger partial charge is 0.374 e. The van der Waals surface area contributed by atoms with Gasteiger partial charge in [-0.3, -0.25) is 0 Å². The Morgan fingerprint density at radius 3 is 2.35 bits per heavy atom. The van der Waals surface area contributed by atoms with E-state index in [4.69, 9.17) is 34.8 Å². The standard InChI is InChI=1S/C31H24Cl3N5O/c1-19-25(31(40,27-17-35-18-38(27)2)21-6-8-22(32)9-7-21)12-13-26-28(19)29(33)24(30(34)37-26)16-20-4-10-23(11-5-20)39-15-3-14-36-39/h3-15,17-18,40H,16H2,1-2H3. The maximum absolute atomic E-state index is 12.5. The number of aliphatic hydroxyl groups is 1. The van der Waals surface area contributed by atoms with Gasteiger partial charge in [-0.25, -0.2) is 14.6 Å². The highest BCUT2D eigenvalue weighted by Gasteiger charge is 2.38. The Morgan fingerprint density at radius 1 is 0.950 bits per heavy atom. The Kier molecular flexibility index (Phi) is 6.88. The van der Waals surface area contributed by atoms with Crippen molar-refractivity contribution >= 4 is 45.7 Å². The molecule has 200 valence electrons. The van der Waals surface area contributed by atoms with E-state index in [0.717, 1.165) is 27.8 Å². The first-order valence-corrected chi connectivity index (χ1v) is 13.7. The normalized spacial score (nSPS) is 13.1. The monoisotopic (exact) mass is 587 g/mol. The molecule has 0 bridgehead atoms. The van der Waals surface area contributed by atoms with Crippen LogP contribution >= 0.6 is 34.8 Å². The minimum atomic E-state index is -1.53. The summed E-state index contributed by atoms with van der Waals surface area (Å²) in [6.45, 7) is 1.94. The van der Waals surface area contributed by atoms with Crippen LogP contribution in [-0.2, 0) is 19.1 Å². The quantitative estimate of drug-likeness (QED) is 0.207. The predicted octanol–water partition coefficient (Wildman–Crippen LogP) is 7.30. The number of aryl methyl sites for hydroxylation is 2. The van der Waals surface area contributed by atoms with Crippen LogP contribution in [0.2, 0.25) is 15.2 Å². The molecular weight excluding hydrogens is 565 g/mol. The highest BCUT2D eigenvalue weighted by molar-refractivity contribution is 6.39. The fraction of sp³-hybridized carbons (Fsp3) is 0.129. The van der Waals surface area contributed by atoms with Gasteiger partial charge in [-0.2, -0.15) is 5.10 Å². The van der Waals surface area contributed by atoms with Crippen LogP contribution in [0.15, 0.2) is 91.6 Å². The molecular formula is C31H24Cl3N5O. The number of pyridine rings is 1. The van der Waals surface area contributed by atoms with E-state index in [2.05, 4.69) is 15.1 Å². The van der Waals surface area contributed by atoms with Gasteiger partial charge in [-0.1, -0.05) is 65.1 Å². The zero-order valence-electron chi connectivity index (χ0n) is 21.7. The lowest BCUT2D eigenvalue weighted by Crippen LogP contribution is -2.32. The number of aromatic nitrogens is 5. The second-order valence-corrected chi connectivity index (χ2v) is 10.9. The molecule has 0 saturated heterocycles. The lowest BCUT2D eigenvalue weighted by Gasteiger charge is -2.32. The van der Waals surface area contributed by atoms with E-state index >= 15 is 0 Å². The minimum Gasteiger partial charge on any atom is -0.374 e. The second-order valence-electron chi connectivity index (χ2n) is 9.73. The van der Waals surface area contributed by atoms with E-state index < -0.39 is 5.60 Å². The van der Waals surface area contributed by atoms with Crippen LogP contribution in [-0.4, -0.2) is 29.4 Å². The second kappa shape index (κ2) is 10.4. The molecule has 0 spiro atoms. The Hall–Kier alpha value is -3.68. The molecule has 3 heterocycles. The number of rotatable bonds is 6. The zero-order valence-corrected chi connectivity index (χ0v) is 24.0. The van der Waals surface area contributed by atoms with Crippen LogP contribution in [0.1, 0.15) is 33.5 Å².